The Morgan fingerprint density at radius 3 is 2.15 bits per heavy atom. The second-order valence-corrected chi connectivity index (χ2v) is 11.2. The summed E-state index contributed by atoms with van der Waals surface area (Å²) in [5.74, 6) is 1.94. The summed E-state index contributed by atoms with van der Waals surface area (Å²) in [6.45, 7) is 20.3. The summed E-state index contributed by atoms with van der Waals surface area (Å²) in [5.41, 5.74) is 0.915. The molecule has 3 heterocycles. The van der Waals surface area contributed by atoms with E-state index in [1.165, 1.54) is 0 Å². The van der Waals surface area contributed by atoms with Gasteiger partial charge < -0.3 is 9.47 Å². The fraction of sp³-hybridized carbons (Fsp3) is 0.680. The minimum atomic E-state index is -0.326. The predicted octanol–water partition coefficient (Wildman–Crippen LogP) is 2.83. The summed E-state index contributed by atoms with van der Waals surface area (Å²) in [5, 5.41) is 0. The van der Waals surface area contributed by atoms with Gasteiger partial charge in [0.1, 0.15) is 11.6 Å². The number of unbranched alkanes of at least 4 members (excludes halogenated alkanes) is 1. The van der Waals surface area contributed by atoms with E-state index < -0.39 is 0 Å². The van der Waals surface area contributed by atoms with Gasteiger partial charge in [-0.2, -0.15) is 0 Å². The maximum atomic E-state index is 11.9. The molecule has 0 saturated carbocycles. The van der Waals surface area contributed by atoms with E-state index in [9.17, 15) is 9.59 Å². The zero-order valence-corrected chi connectivity index (χ0v) is 21.4. The highest BCUT2D eigenvalue weighted by Gasteiger charge is 2.26. The van der Waals surface area contributed by atoms with E-state index in [2.05, 4.69) is 62.4 Å². The lowest BCUT2D eigenvalue weighted by Gasteiger charge is -2.36. The van der Waals surface area contributed by atoms with E-state index >= 15 is 0 Å². The Bertz CT molecular complexity index is 1030. The van der Waals surface area contributed by atoms with Crippen molar-refractivity contribution in [1.29, 1.82) is 0 Å². The second-order valence-electron chi connectivity index (χ2n) is 11.2. The van der Waals surface area contributed by atoms with Gasteiger partial charge in [-0.3, -0.25) is 14.7 Å². The fourth-order valence-electron chi connectivity index (χ4n) is 3.92. The number of rotatable bonds is 6. The number of piperazine rings is 1. The predicted molar refractivity (Wildman–Crippen MR) is 133 cm³/mol. The van der Waals surface area contributed by atoms with Crippen LogP contribution >= 0.6 is 0 Å². The molecule has 8 heteroatoms. The first-order valence-corrected chi connectivity index (χ1v) is 12.0. The van der Waals surface area contributed by atoms with Crippen molar-refractivity contribution < 1.29 is 0 Å². The Hall–Kier alpha value is -2.48. The van der Waals surface area contributed by atoms with Crippen LogP contribution in [0.25, 0.3) is 0 Å². The molecule has 8 nitrogen and oxygen atoms in total. The van der Waals surface area contributed by atoms with Gasteiger partial charge in [-0.05, 0) is 26.3 Å². The highest BCUT2D eigenvalue weighted by molar-refractivity contribution is 5.42. The molecule has 1 N–H and O–H groups in total. The van der Waals surface area contributed by atoms with Gasteiger partial charge in [0, 0.05) is 61.4 Å². The number of hydrogen-bond acceptors (Lipinski definition) is 6. The van der Waals surface area contributed by atoms with Gasteiger partial charge in [-0.25, -0.2) is 14.8 Å². The topological polar surface area (TPSA) is 87.1 Å². The summed E-state index contributed by atoms with van der Waals surface area (Å²) < 4.78 is 1.60. The Morgan fingerprint density at radius 2 is 1.55 bits per heavy atom. The van der Waals surface area contributed by atoms with Crippen LogP contribution in [0.3, 0.4) is 0 Å². The lowest BCUT2D eigenvalue weighted by molar-refractivity contribution is 0.250. The number of H-pyrrole nitrogens is 1. The third kappa shape index (κ3) is 6.53. The zero-order chi connectivity index (χ0) is 24.4. The minimum absolute atomic E-state index is 0.0220. The fourth-order valence-corrected chi connectivity index (χ4v) is 3.92. The summed E-state index contributed by atoms with van der Waals surface area (Å²) in [6, 6.07) is 2.16. The minimum Gasteiger partial charge on any atom is -0.354 e. The van der Waals surface area contributed by atoms with Crippen molar-refractivity contribution >= 4 is 5.82 Å². The number of hydrogen-bond donors (Lipinski definition) is 1. The van der Waals surface area contributed by atoms with Crippen LogP contribution in [-0.2, 0) is 17.4 Å². The van der Waals surface area contributed by atoms with Crippen molar-refractivity contribution in [2.45, 2.75) is 78.7 Å². The summed E-state index contributed by atoms with van der Waals surface area (Å²) in [7, 11) is 0. The Balaban J connectivity index is 1.55. The van der Waals surface area contributed by atoms with E-state index in [-0.39, 0.29) is 22.1 Å². The largest absolute Gasteiger partial charge is 0.354 e. The van der Waals surface area contributed by atoms with Gasteiger partial charge in [0.2, 0.25) is 0 Å². The molecule has 1 aliphatic rings. The molecule has 0 aromatic carbocycles. The van der Waals surface area contributed by atoms with Crippen LogP contribution in [0.15, 0.2) is 21.9 Å². The standard InChI is InChI=1S/C25H40N6O2/c1-18-17-31(23(33)28-21(18)32)11-9-8-10-29-12-14-30(15-13-29)20-16-19(24(2,3)4)26-22(27-20)25(5,6)7/h16-17H,8-15H2,1-7H3,(H,28,32,33). The molecule has 1 saturated heterocycles. The van der Waals surface area contributed by atoms with E-state index in [0.717, 1.165) is 62.9 Å². The first kappa shape index (κ1) is 25.1. The van der Waals surface area contributed by atoms with E-state index in [4.69, 9.17) is 9.97 Å². The lowest BCUT2D eigenvalue weighted by Crippen LogP contribution is -2.47. The van der Waals surface area contributed by atoms with Crippen LogP contribution in [0.5, 0.6) is 0 Å². The van der Waals surface area contributed by atoms with Gasteiger partial charge in [0.05, 0.1) is 5.69 Å². The average molecular weight is 457 g/mol. The number of anilines is 1. The van der Waals surface area contributed by atoms with Gasteiger partial charge in [0.15, 0.2) is 0 Å². The van der Waals surface area contributed by atoms with Crippen LogP contribution in [0.1, 0.15) is 71.5 Å². The second kappa shape index (κ2) is 9.79. The van der Waals surface area contributed by atoms with Crippen LogP contribution in [-0.4, -0.2) is 57.1 Å². The third-order valence-corrected chi connectivity index (χ3v) is 6.16. The van der Waals surface area contributed by atoms with Crippen molar-refractivity contribution in [2.24, 2.45) is 0 Å². The van der Waals surface area contributed by atoms with E-state index in [1.54, 1.807) is 17.7 Å². The molecule has 1 aliphatic heterocycles. The molecule has 2 aromatic heterocycles. The van der Waals surface area contributed by atoms with Crippen LogP contribution in [0.2, 0.25) is 0 Å². The van der Waals surface area contributed by atoms with Gasteiger partial charge in [-0.1, -0.05) is 41.5 Å². The number of aromatic nitrogens is 4. The van der Waals surface area contributed by atoms with Crippen molar-refractivity contribution in [3.8, 4) is 0 Å². The molecule has 33 heavy (non-hydrogen) atoms. The van der Waals surface area contributed by atoms with Crippen molar-refractivity contribution in [3.63, 3.8) is 0 Å². The van der Waals surface area contributed by atoms with Gasteiger partial charge in [0.25, 0.3) is 5.56 Å². The normalized spacial score (nSPS) is 15.8. The van der Waals surface area contributed by atoms with Crippen molar-refractivity contribution in [3.05, 3.63) is 50.2 Å². The molecular formula is C25H40N6O2. The first-order chi connectivity index (χ1) is 15.3. The smallest absolute Gasteiger partial charge is 0.328 e. The molecule has 0 atom stereocenters. The summed E-state index contributed by atoms with van der Waals surface area (Å²) in [4.78, 5) is 40.5. The molecule has 0 aliphatic carbocycles. The maximum Gasteiger partial charge on any atom is 0.328 e. The average Bonchev–Trinajstić information content (AvgIpc) is 2.73. The molecule has 182 valence electrons. The Morgan fingerprint density at radius 1 is 0.909 bits per heavy atom. The van der Waals surface area contributed by atoms with Gasteiger partial charge in [-0.15, -0.1) is 0 Å². The number of nitrogens with one attached hydrogen (secondary N) is 1. The lowest BCUT2D eigenvalue weighted by atomic mass is 9.90. The number of aryl methyl sites for hydroxylation is 2. The van der Waals surface area contributed by atoms with Crippen molar-refractivity contribution in [1.82, 2.24) is 24.4 Å². The molecular weight excluding hydrogens is 416 g/mol. The maximum absolute atomic E-state index is 11.9. The molecule has 0 unspecified atom stereocenters. The summed E-state index contributed by atoms with van der Waals surface area (Å²) in [6.07, 6.45) is 3.57. The molecule has 0 spiro atoms. The molecule has 2 aromatic rings. The number of aromatic amines is 1. The first-order valence-electron chi connectivity index (χ1n) is 12.0. The SMILES string of the molecule is Cc1cn(CCCCN2CCN(c3cc(C(C)(C)C)nc(C(C)(C)C)n3)CC2)c(=O)[nH]c1=O. The number of nitrogens with zero attached hydrogens (tertiary/aromatic N) is 5. The Labute approximate surface area is 197 Å². The zero-order valence-electron chi connectivity index (χ0n) is 21.4. The summed E-state index contributed by atoms with van der Waals surface area (Å²) >= 11 is 0. The highest BCUT2D eigenvalue weighted by Crippen LogP contribution is 2.28. The monoisotopic (exact) mass is 456 g/mol. The van der Waals surface area contributed by atoms with E-state index in [1.807, 2.05) is 0 Å². The molecule has 0 radical (unpaired) electrons. The molecule has 1 fully saturated rings. The molecule has 0 amide bonds. The molecule has 3 rings (SSSR count). The molecule has 0 bridgehead atoms. The highest BCUT2D eigenvalue weighted by atomic mass is 16.2. The van der Waals surface area contributed by atoms with Crippen LogP contribution < -0.4 is 16.1 Å². The quantitative estimate of drug-likeness (QED) is 0.673. The Kier molecular flexibility index (Phi) is 7.46. The van der Waals surface area contributed by atoms with E-state index in [0.29, 0.717) is 12.1 Å². The van der Waals surface area contributed by atoms with Crippen LogP contribution in [0, 0.1) is 6.92 Å². The third-order valence-electron chi connectivity index (χ3n) is 6.16. The van der Waals surface area contributed by atoms with Gasteiger partial charge >= 0.3 is 5.69 Å². The van der Waals surface area contributed by atoms with Crippen molar-refractivity contribution in [2.75, 3.05) is 37.6 Å². The van der Waals surface area contributed by atoms with Crippen LogP contribution in [0.4, 0.5) is 5.82 Å².